The fourth-order valence-corrected chi connectivity index (χ4v) is 3.47. The lowest BCUT2D eigenvalue weighted by Crippen LogP contribution is -2.47. The maximum Gasteiger partial charge on any atom is 0.248 e. The van der Waals surface area contributed by atoms with Crippen molar-refractivity contribution in [2.75, 3.05) is 12.3 Å². The van der Waals surface area contributed by atoms with Crippen molar-refractivity contribution in [1.29, 1.82) is 0 Å². The van der Waals surface area contributed by atoms with E-state index in [0.717, 1.165) is 20.1 Å². The fourth-order valence-electron chi connectivity index (χ4n) is 1.48. The Morgan fingerprint density at radius 1 is 1.41 bits per heavy atom. The Morgan fingerprint density at radius 2 is 2.18 bits per heavy atom. The van der Waals surface area contributed by atoms with Gasteiger partial charge in [0.25, 0.3) is 0 Å². The number of amides is 1. The van der Waals surface area contributed by atoms with Crippen LogP contribution in [0.15, 0.2) is 40.8 Å². The zero-order chi connectivity index (χ0) is 15.9. The molecule has 0 fully saturated rings. The summed E-state index contributed by atoms with van der Waals surface area (Å²) in [5.74, 6) is 0.111. The van der Waals surface area contributed by atoms with E-state index in [1.54, 1.807) is 11.3 Å². The van der Waals surface area contributed by atoms with Crippen LogP contribution in [-0.4, -0.2) is 28.3 Å². The monoisotopic (exact) mass is 352 g/mol. The van der Waals surface area contributed by atoms with Crippen molar-refractivity contribution in [1.82, 2.24) is 21.2 Å². The molecule has 0 saturated heterocycles. The molecule has 0 unspecified atom stereocenters. The van der Waals surface area contributed by atoms with E-state index in [1.165, 1.54) is 11.8 Å². The number of hydrogen-bond donors (Lipinski definition) is 3. The second-order valence-corrected chi connectivity index (χ2v) is 7.21. The van der Waals surface area contributed by atoms with Crippen molar-refractivity contribution in [2.24, 2.45) is 0 Å². The van der Waals surface area contributed by atoms with Gasteiger partial charge in [0, 0.05) is 6.54 Å². The first-order valence-electron chi connectivity index (χ1n) is 6.50. The van der Waals surface area contributed by atoms with E-state index in [9.17, 15) is 4.79 Å². The molecule has 0 spiro atoms. The van der Waals surface area contributed by atoms with Crippen molar-refractivity contribution >= 4 is 56.6 Å². The third-order valence-corrected chi connectivity index (χ3v) is 4.89. The number of fused-ring (bicyclic) bond motifs is 1. The lowest BCUT2D eigenvalue weighted by atomic mass is 10.3. The summed E-state index contributed by atoms with van der Waals surface area (Å²) in [6, 6.07) is 7.91. The second kappa shape index (κ2) is 8.11. The average molecular weight is 353 g/mol. The van der Waals surface area contributed by atoms with Crippen LogP contribution in [-0.2, 0) is 4.79 Å². The molecule has 0 aliphatic heterocycles. The number of thiocarbonyl (C=S) groups is 1. The molecule has 3 N–H and O–H groups in total. The molecule has 2 rings (SSSR count). The van der Waals surface area contributed by atoms with E-state index in [2.05, 4.69) is 27.7 Å². The maximum absolute atomic E-state index is 11.8. The lowest BCUT2D eigenvalue weighted by Gasteiger charge is -2.10. The third-order valence-electron chi connectivity index (χ3n) is 2.47. The Bertz CT molecular complexity index is 665. The lowest BCUT2D eigenvalue weighted by molar-refractivity contribution is -0.119. The standard InChI is InChI=1S/C14H16N4OS3/c1-9(2)7-15-13(20)18-17-12(19)8-21-14-16-10-5-3-4-6-11(10)22-14/h3-6H,1,7-8H2,2H3,(H,17,19)(H2,15,18,20). The van der Waals surface area contributed by atoms with E-state index in [0.29, 0.717) is 11.7 Å². The molecule has 1 aromatic heterocycles. The molecule has 0 radical (unpaired) electrons. The maximum atomic E-state index is 11.8. The van der Waals surface area contributed by atoms with Gasteiger partial charge >= 0.3 is 0 Å². The molecule has 116 valence electrons. The van der Waals surface area contributed by atoms with Crippen molar-refractivity contribution in [2.45, 2.75) is 11.3 Å². The first-order chi connectivity index (χ1) is 10.5. The zero-order valence-electron chi connectivity index (χ0n) is 12.0. The van der Waals surface area contributed by atoms with Gasteiger partial charge in [0.1, 0.15) is 0 Å². The van der Waals surface area contributed by atoms with Crippen LogP contribution in [0.25, 0.3) is 10.2 Å². The van der Waals surface area contributed by atoms with E-state index < -0.39 is 0 Å². The second-order valence-electron chi connectivity index (χ2n) is 4.55. The van der Waals surface area contributed by atoms with Gasteiger partial charge in [0.15, 0.2) is 9.45 Å². The number of hydrogen-bond acceptors (Lipinski definition) is 5. The number of benzene rings is 1. The minimum absolute atomic E-state index is 0.163. The summed E-state index contributed by atoms with van der Waals surface area (Å²) < 4.78 is 1.99. The highest BCUT2D eigenvalue weighted by atomic mass is 32.2. The first kappa shape index (κ1) is 16.7. The van der Waals surface area contributed by atoms with Crippen molar-refractivity contribution in [3.8, 4) is 0 Å². The first-order valence-corrected chi connectivity index (χ1v) is 8.71. The van der Waals surface area contributed by atoms with Crippen LogP contribution in [0.5, 0.6) is 0 Å². The molecule has 22 heavy (non-hydrogen) atoms. The summed E-state index contributed by atoms with van der Waals surface area (Å²) in [7, 11) is 0. The van der Waals surface area contributed by atoms with Crippen molar-refractivity contribution < 1.29 is 4.79 Å². The van der Waals surface area contributed by atoms with Gasteiger partial charge in [-0.3, -0.25) is 15.6 Å². The highest BCUT2D eigenvalue weighted by Gasteiger charge is 2.07. The van der Waals surface area contributed by atoms with Crippen molar-refractivity contribution in [3.05, 3.63) is 36.4 Å². The van der Waals surface area contributed by atoms with Crippen LogP contribution in [0.1, 0.15) is 6.92 Å². The summed E-state index contributed by atoms with van der Waals surface area (Å²) >= 11 is 8.00. The predicted octanol–water partition coefficient (Wildman–Crippen LogP) is 2.46. The Balaban J connectivity index is 1.73. The van der Waals surface area contributed by atoms with Crippen LogP contribution in [0.2, 0.25) is 0 Å². The number of nitrogens with one attached hydrogen (secondary N) is 3. The largest absolute Gasteiger partial charge is 0.358 e. The molecular weight excluding hydrogens is 336 g/mol. The quantitative estimate of drug-likeness (QED) is 0.332. The average Bonchev–Trinajstić information content (AvgIpc) is 2.91. The van der Waals surface area contributed by atoms with Gasteiger partial charge in [0.2, 0.25) is 5.91 Å². The molecule has 8 heteroatoms. The number of thiazole rings is 1. The summed E-state index contributed by atoms with van der Waals surface area (Å²) in [6.45, 7) is 6.22. The molecule has 0 saturated carbocycles. The molecule has 1 amide bonds. The van der Waals surface area contributed by atoms with E-state index >= 15 is 0 Å². The number of carbonyl (C=O) groups is 1. The van der Waals surface area contributed by atoms with Gasteiger partial charge in [-0.2, -0.15) is 0 Å². The topological polar surface area (TPSA) is 66.0 Å². The highest BCUT2D eigenvalue weighted by molar-refractivity contribution is 8.01. The van der Waals surface area contributed by atoms with Gasteiger partial charge in [-0.15, -0.1) is 11.3 Å². The molecular formula is C14H16N4OS3. The summed E-state index contributed by atoms with van der Waals surface area (Å²) in [4.78, 5) is 16.2. The SMILES string of the molecule is C=C(C)CNC(=S)NNC(=O)CSc1nc2ccccc2s1. The molecule has 5 nitrogen and oxygen atoms in total. The molecule has 0 aliphatic carbocycles. The summed E-state index contributed by atoms with van der Waals surface area (Å²) in [5, 5.41) is 3.28. The van der Waals surface area contributed by atoms with Gasteiger partial charge < -0.3 is 5.32 Å². The van der Waals surface area contributed by atoms with Gasteiger partial charge in [-0.05, 0) is 31.3 Å². The number of hydrazine groups is 1. The number of aromatic nitrogens is 1. The number of para-hydroxylation sites is 1. The third kappa shape index (κ3) is 5.28. The fraction of sp³-hybridized carbons (Fsp3) is 0.214. The summed E-state index contributed by atoms with van der Waals surface area (Å²) in [6.07, 6.45) is 0. The van der Waals surface area contributed by atoms with E-state index in [-0.39, 0.29) is 11.7 Å². The van der Waals surface area contributed by atoms with Gasteiger partial charge in [-0.1, -0.05) is 36.0 Å². The van der Waals surface area contributed by atoms with E-state index in [1.807, 2.05) is 31.2 Å². The summed E-state index contributed by atoms with van der Waals surface area (Å²) in [5.41, 5.74) is 7.11. The molecule has 0 bridgehead atoms. The number of carbonyl (C=O) groups excluding carboxylic acids is 1. The number of nitrogens with zero attached hydrogens (tertiary/aromatic N) is 1. The minimum atomic E-state index is -0.163. The Hall–Kier alpha value is -1.64. The number of thioether (sulfide) groups is 1. The number of rotatable bonds is 5. The molecule has 2 aromatic rings. The molecule has 0 atom stereocenters. The van der Waals surface area contributed by atoms with Crippen LogP contribution >= 0.6 is 35.3 Å². The van der Waals surface area contributed by atoms with Crippen molar-refractivity contribution in [3.63, 3.8) is 0 Å². The smallest absolute Gasteiger partial charge is 0.248 e. The van der Waals surface area contributed by atoms with Crippen LogP contribution in [0.4, 0.5) is 0 Å². The molecule has 1 heterocycles. The van der Waals surface area contributed by atoms with Gasteiger partial charge in [-0.25, -0.2) is 4.98 Å². The normalized spacial score (nSPS) is 10.2. The highest BCUT2D eigenvalue weighted by Crippen LogP contribution is 2.28. The molecule has 0 aliphatic rings. The van der Waals surface area contributed by atoms with Crippen LogP contribution < -0.4 is 16.2 Å². The van der Waals surface area contributed by atoms with Crippen LogP contribution in [0, 0.1) is 0 Å². The Morgan fingerprint density at radius 3 is 2.91 bits per heavy atom. The Labute approximate surface area is 142 Å². The van der Waals surface area contributed by atoms with Crippen LogP contribution in [0.3, 0.4) is 0 Å². The Kier molecular flexibility index (Phi) is 6.17. The minimum Gasteiger partial charge on any atom is -0.358 e. The molecule has 1 aromatic carbocycles. The predicted molar refractivity (Wildman–Crippen MR) is 97.0 cm³/mol. The van der Waals surface area contributed by atoms with E-state index in [4.69, 9.17) is 12.2 Å². The zero-order valence-corrected chi connectivity index (χ0v) is 14.5. The van der Waals surface area contributed by atoms with Gasteiger partial charge in [0.05, 0.1) is 16.0 Å².